The zero-order valence-electron chi connectivity index (χ0n) is 10.7. The van der Waals surface area contributed by atoms with Crippen molar-refractivity contribution in [2.45, 2.75) is 30.4 Å². The fourth-order valence-corrected chi connectivity index (χ4v) is 3.97. The van der Waals surface area contributed by atoms with Crippen LogP contribution < -0.4 is 10.0 Å². The Kier molecular flexibility index (Phi) is 4.44. The highest BCUT2D eigenvalue weighted by Gasteiger charge is 2.30. The largest absolute Gasteiger partial charge is 0.377 e. The minimum Gasteiger partial charge on any atom is -0.377 e. The molecule has 0 bridgehead atoms. The monoisotopic (exact) mass is 349 g/mol. The summed E-state index contributed by atoms with van der Waals surface area (Å²) in [6.45, 7) is 2.43. The standard InChI is InChI=1S/C11H16BrN3O3S/c1-7-9(3-4-18-7)15-19(16,17)10-5-8(12)6-14-11(10)13-2/h5-7,9,15H,3-4H2,1-2H3,(H,13,14). The van der Waals surface area contributed by atoms with E-state index in [1.807, 2.05) is 6.92 Å². The Balaban J connectivity index is 2.31. The van der Waals surface area contributed by atoms with Crippen molar-refractivity contribution in [3.63, 3.8) is 0 Å². The molecule has 1 aliphatic heterocycles. The fourth-order valence-electron chi connectivity index (χ4n) is 1.96. The van der Waals surface area contributed by atoms with Gasteiger partial charge in [0.05, 0.1) is 12.1 Å². The zero-order chi connectivity index (χ0) is 14.0. The van der Waals surface area contributed by atoms with Crippen molar-refractivity contribution in [3.8, 4) is 0 Å². The minimum absolute atomic E-state index is 0.118. The maximum atomic E-state index is 12.4. The van der Waals surface area contributed by atoms with Crippen LogP contribution in [0.1, 0.15) is 13.3 Å². The van der Waals surface area contributed by atoms with Gasteiger partial charge in [0, 0.05) is 24.3 Å². The van der Waals surface area contributed by atoms with Crippen LogP contribution in [-0.4, -0.2) is 39.2 Å². The Hall–Kier alpha value is -0.700. The van der Waals surface area contributed by atoms with Crippen molar-refractivity contribution in [2.75, 3.05) is 19.0 Å². The van der Waals surface area contributed by atoms with Crippen molar-refractivity contribution < 1.29 is 13.2 Å². The van der Waals surface area contributed by atoms with E-state index in [2.05, 4.69) is 31.0 Å². The van der Waals surface area contributed by atoms with E-state index in [9.17, 15) is 8.42 Å². The predicted molar refractivity (Wildman–Crippen MR) is 75.6 cm³/mol. The van der Waals surface area contributed by atoms with Gasteiger partial charge in [0.25, 0.3) is 0 Å². The summed E-state index contributed by atoms with van der Waals surface area (Å²) in [5.41, 5.74) is 0. The lowest BCUT2D eigenvalue weighted by Crippen LogP contribution is -2.39. The number of anilines is 1. The van der Waals surface area contributed by atoms with Crippen LogP contribution in [0.15, 0.2) is 21.6 Å². The number of ether oxygens (including phenoxy) is 1. The summed E-state index contributed by atoms with van der Waals surface area (Å²) in [4.78, 5) is 4.18. The molecule has 106 valence electrons. The SMILES string of the molecule is CNc1ncc(Br)cc1S(=O)(=O)NC1CCOC1C. The molecule has 19 heavy (non-hydrogen) atoms. The molecule has 1 fully saturated rings. The van der Waals surface area contributed by atoms with Crippen LogP contribution in [-0.2, 0) is 14.8 Å². The number of pyridine rings is 1. The second-order valence-electron chi connectivity index (χ2n) is 4.34. The molecule has 0 radical (unpaired) electrons. The van der Waals surface area contributed by atoms with Gasteiger partial charge in [-0.15, -0.1) is 0 Å². The van der Waals surface area contributed by atoms with Crippen LogP contribution in [0, 0.1) is 0 Å². The molecule has 2 rings (SSSR count). The van der Waals surface area contributed by atoms with E-state index < -0.39 is 10.0 Å². The fraction of sp³-hybridized carbons (Fsp3) is 0.545. The van der Waals surface area contributed by atoms with E-state index in [1.165, 1.54) is 6.07 Å². The predicted octanol–water partition coefficient (Wildman–Crippen LogP) is 1.34. The van der Waals surface area contributed by atoms with Gasteiger partial charge in [0.15, 0.2) is 0 Å². The molecule has 1 aromatic rings. The molecular weight excluding hydrogens is 334 g/mol. The van der Waals surface area contributed by atoms with E-state index in [0.717, 1.165) is 0 Å². The van der Waals surface area contributed by atoms with Crippen molar-refractivity contribution in [2.24, 2.45) is 0 Å². The summed E-state index contributed by atoms with van der Waals surface area (Å²) < 4.78 is 33.4. The number of rotatable bonds is 4. The molecule has 8 heteroatoms. The van der Waals surface area contributed by atoms with Crippen molar-refractivity contribution in [1.29, 1.82) is 0 Å². The summed E-state index contributed by atoms with van der Waals surface area (Å²) in [7, 11) is -1.99. The van der Waals surface area contributed by atoms with E-state index in [4.69, 9.17) is 4.74 Å². The number of hydrogen-bond donors (Lipinski definition) is 2. The molecule has 0 saturated carbocycles. The zero-order valence-corrected chi connectivity index (χ0v) is 13.1. The molecule has 1 aliphatic rings. The van der Waals surface area contributed by atoms with Crippen LogP contribution in [0.4, 0.5) is 5.82 Å². The quantitative estimate of drug-likeness (QED) is 0.857. The van der Waals surface area contributed by atoms with E-state index >= 15 is 0 Å². The first-order valence-electron chi connectivity index (χ1n) is 5.91. The summed E-state index contributed by atoms with van der Waals surface area (Å²) in [5, 5.41) is 2.78. The van der Waals surface area contributed by atoms with Gasteiger partial charge in [-0.3, -0.25) is 0 Å². The Labute approximate surface area is 121 Å². The molecule has 2 unspecified atom stereocenters. The highest BCUT2D eigenvalue weighted by Crippen LogP contribution is 2.24. The Morgan fingerprint density at radius 3 is 2.84 bits per heavy atom. The molecule has 2 atom stereocenters. The number of nitrogens with one attached hydrogen (secondary N) is 2. The van der Waals surface area contributed by atoms with Crippen LogP contribution in [0.2, 0.25) is 0 Å². The molecular formula is C11H16BrN3O3S. The third-order valence-corrected chi connectivity index (χ3v) is 4.97. The lowest BCUT2D eigenvalue weighted by molar-refractivity contribution is 0.117. The first-order chi connectivity index (χ1) is 8.94. The Morgan fingerprint density at radius 2 is 2.26 bits per heavy atom. The molecule has 1 saturated heterocycles. The molecule has 2 N–H and O–H groups in total. The van der Waals surface area contributed by atoms with Gasteiger partial charge in [-0.05, 0) is 35.3 Å². The van der Waals surface area contributed by atoms with Gasteiger partial charge in [0.1, 0.15) is 10.7 Å². The summed E-state index contributed by atoms with van der Waals surface area (Å²) in [6, 6.07) is 1.33. The summed E-state index contributed by atoms with van der Waals surface area (Å²) in [6.07, 6.45) is 2.11. The lowest BCUT2D eigenvalue weighted by Gasteiger charge is -2.17. The van der Waals surface area contributed by atoms with Crippen LogP contribution in [0.3, 0.4) is 0 Å². The maximum absolute atomic E-state index is 12.4. The number of nitrogens with zero attached hydrogens (tertiary/aromatic N) is 1. The average molecular weight is 350 g/mol. The highest BCUT2D eigenvalue weighted by molar-refractivity contribution is 9.10. The minimum atomic E-state index is -3.63. The van der Waals surface area contributed by atoms with Crippen LogP contribution in [0.5, 0.6) is 0 Å². The normalized spacial score (nSPS) is 23.5. The molecule has 0 spiro atoms. The number of sulfonamides is 1. The second kappa shape index (κ2) is 5.74. The summed E-state index contributed by atoms with van der Waals surface area (Å²) in [5.74, 6) is 0.322. The van der Waals surface area contributed by atoms with E-state index in [1.54, 1.807) is 13.2 Å². The third kappa shape index (κ3) is 3.25. The molecule has 0 aliphatic carbocycles. The van der Waals surface area contributed by atoms with Crippen molar-refractivity contribution in [3.05, 3.63) is 16.7 Å². The van der Waals surface area contributed by atoms with Gasteiger partial charge in [-0.2, -0.15) is 0 Å². The van der Waals surface area contributed by atoms with Gasteiger partial charge in [-0.25, -0.2) is 18.1 Å². The smallest absolute Gasteiger partial charge is 0.244 e. The molecule has 1 aromatic heterocycles. The van der Waals surface area contributed by atoms with Crippen LogP contribution >= 0.6 is 15.9 Å². The number of hydrogen-bond acceptors (Lipinski definition) is 5. The van der Waals surface area contributed by atoms with Crippen LogP contribution in [0.25, 0.3) is 0 Å². The third-order valence-electron chi connectivity index (χ3n) is 3.03. The average Bonchev–Trinajstić information content (AvgIpc) is 2.74. The van der Waals surface area contributed by atoms with Gasteiger partial charge < -0.3 is 10.1 Å². The van der Waals surface area contributed by atoms with Gasteiger partial charge >= 0.3 is 0 Å². The molecule has 0 amide bonds. The Morgan fingerprint density at radius 1 is 1.53 bits per heavy atom. The van der Waals surface area contributed by atoms with Crippen molar-refractivity contribution in [1.82, 2.24) is 9.71 Å². The second-order valence-corrected chi connectivity index (χ2v) is 6.94. The molecule has 0 aromatic carbocycles. The number of halogens is 1. The Bertz CT molecular complexity index is 564. The topological polar surface area (TPSA) is 80.3 Å². The lowest BCUT2D eigenvalue weighted by atomic mass is 10.2. The van der Waals surface area contributed by atoms with Crippen molar-refractivity contribution >= 4 is 31.8 Å². The molecule has 6 nitrogen and oxygen atoms in total. The highest BCUT2D eigenvalue weighted by atomic mass is 79.9. The van der Waals surface area contributed by atoms with E-state index in [-0.39, 0.29) is 17.0 Å². The van der Waals surface area contributed by atoms with Gasteiger partial charge in [-0.1, -0.05) is 0 Å². The number of aromatic nitrogens is 1. The first kappa shape index (κ1) is 14.7. The summed E-state index contributed by atoms with van der Waals surface area (Å²) >= 11 is 3.24. The molecule has 2 heterocycles. The van der Waals surface area contributed by atoms with E-state index in [0.29, 0.717) is 23.3 Å². The van der Waals surface area contributed by atoms with Gasteiger partial charge in [0.2, 0.25) is 10.0 Å². The first-order valence-corrected chi connectivity index (χ1v) is 8.19. The maximum Gasteiger partial charge on any atom is 0.244 e.